The number of carbonyl (C=O) groups excluding carboxylic acids is 1. The number of allylic oxidation sites excluding steroid dienone is 4. The van der Waals surface area contributed by atoms with Crippen molar-refractivity contribution in [2.45, 2.75) is 32.7 Å². The summed E-state index contributed by atoms with van der Waals surface area (Å²) >= 11 is 0. The van der Waals surface area contributed by atoms with Gasteiger partial charge in [-0.1, -0.05) is 6.92 Å². The van der Waals surface area contributed by atoms with Crippen LogP contribution < -0.4 is 0 Å². The Morgan fingerprint density at radius 2 is 2.14 bits per heavy atom. The maximum absolute atomic E-state index is 11.2. The maximum atomic E-state index is 11.2. The minimum atomic E-state index is 0.0107. The van der Waals surface area contributed by atoms with Crippen LogP contribution in [0.5, 0.6) is 0 Å². The van der Waals surface area contributed by atoms with Gasteiger partial charge in [0.2, 0.25) is 0 Å². The summed E-state index contributed by atoms with van der Waals surface area (Å²) in [6.07, 6.45) is 6.17. The Kier molecular flexibility index (Phi) is 1.95. The molecule has 1 unspecified atom stereocenters. The van der Waals surface area contributed by atoms with Gasteiger partial charge in [-0.05, 0) is 50.0 Å². The van der Waals surface area contributed by atoms with Crippen molar-refractivity contribution in [3.05, 3.63) is 23.8 Å². The second kappa shape index (κ2) is 2.91. The summed E-state index contributed by atoms with van der Waals surface area (Å²) < 4.78 is 0. The number of aliphatic imine (C=N–C) groups is 1. The van der Waals surface area contributed by atoms with Gasteiger partial charge in [0.25, 0.3) is 0 Å². The van der Waals surface area contributed by atoms with Crippen LogP contribution in [0.3, 0.4) is 0 Å². The Balaban J connectivity index is 2.46. The van der Waals surface area contributed by atoms with E-state index in [1.807, 2.05) is 6.08 Å². The quantitative estimate of drug-likeness (QED) is 0.538. The zero-order valence-electron chi connectivity index (χ0n) is 8.87. The molecule has 0 N–H and O–H groups in total. The summed E-state index contributed by atoms with van der Waals surface area (Å²) in [5.74, 6) is 0.525. The zero-order chi connectivity index (χ0) is 10.3. The van der Waals surface area contributed by atoms with E-state index in [1.165, 1.54) is 0 Å². The molecule has 1 aliphatic carbocycles. The van der Waals surface area contributed by atoms with Gasteiger partial charge < -0.3 is 0 Å². The van der Waals surface area contributed by atoms with Gasteiger partial charge in [-0.2, -0.15) is 0 Å². The number of hydrogen-bond acceptors (Lipinski definition) is 2. The zero-order valence-corrected chi connectivity index (χ0v) is 8.87. The lowest BCUT2D eigenvalue weighted by atomic mass is 9.80. The van der Waals surface area contributed by atoms with E-state index >= 15 is 0 Å². The molecule has 2 nitrogen and oxygen atoms in total. The summed E-state index contributed by atoms with van der Waals surface area (Å²) in [6, 6.07) is 0. The maximum Gasteiger partial charge on any atom is 0.179 e. The van der Waals surface area contributed by atoms with Gasteiger partial charge in [0.15, 0.2) is 5.78 Å². The summed E-state index contributed by atoms with van der Waals surface area (Å²) in [5.41, 5.74) is 2.11. The third-order valence-corrected chi connectivity index (χ3v) is 2.76. The summed E-state index contributed by atoms with van der Waals surface area (Å²) in [5, 5.41) is 0. The summed E-state index contributed by atoms with van der Waals surface area (Å²) in [4.78, 5) is 15.8. The average Bonchev–Trinajstić information content (AvgIpc) is 2.05. The number of rotatable bonds is 0. The van der Waals surface area contributed by atoms with Crippen molar-refractivity contribution in [1.82, 2.24) is 0 Å². The smallest absolute Gasteiger partial charge is 0.179 e. The number of fused-ring (bicyclic) bond motifs is 1. The molecule has 14 heavy (non-hydrogen) atoms. The lowest BCUT2D eigenvalue weighted by molar-refractivity contribution is -0.110. The second-order valence-electron chi connectivity index (χ2n) is 4.75. The Morgan fingerprint density at radius 1 is 1.43 bits per heavy atom. The molecule has 0 saturated carbocycles. The molecule has 1 heterocycles. The number of ketones is 1. The summed E-state index contributed by atoms with van der Waals surface area (Å²) in [7, 11) is 0. The number of carbonyl (C=O) groups is 1. The standard InChI is InChI=1S/C12H15NO/c1-8-7-12(2,3)13-11-5-4-9(14)6-10(8)11/h4-6,8H,7H2,1-3H3. The highest BCUT2D eigenvalue weighted by atomic mass is 16.1. The molecule has 74 valence electrons. The average molecular weight is 189 g/mol. The molecule has 0 amide bonds. The van der Waals surface area contributed by atoms with Crippen molar-refractivity contribution in [3.8, 4) is 0 Å². The molecule has 1 aliphatic heterocycles. The summed E-state index contributed by atoms with van der Waals surface area (Å²) in [6.45, 7) is 6.43. The lowest BCUT2D eigenvalue weighted by Gasteiger charge is -2.33. The fourth-order valence-electron chi connectivity index (χ4n) is 2.26. The van der Waals surface area contributed by atoms with Gasteiger partial charge in [0.05, 0.1) is 11.3 Å². The minimum absolute atomic E-state index is 0.0107. The Hall–Kier alpha value is -1.18. The first-order valence-electron chi connectivity index (χ1n) is 5.02. The molecule has 1 atom stereocenters. The van der Waals surface area contributed by atoms with Crippen LogP contribution >= 0.6 is 0 Å². The first kappa shape index (κ1) is 9.38. The van der Waals surface area contributed by atoms with Gasteiger partial charge >= 0.3 is 0 Å². The van der Waals surface area contributed by atoms with E-state index in [2.05, 4.69) is 25.8 Å². The molecule has 0 aromatic rings. The van der Waals surface area contributed by atoms with Crippen LogP contribution in [0.1, 0.15) is 27.2 Å². The van der Waals surface area contributed by atoms with E-state index < -0.39 is 0 Å². The van der Waals surface area contributed by atoms with Gasteiger partial charge in [-0.25, -0.2) is 0 Å². The van der Waals surface area contributed by atoms with Gasteiger partial charge in [-0.15, -0.1) is 0 Å². The van der Waals surface area contributed by atoms with Crippen molar-refractivity contribution in [2.75, 3.05) is 0 Å². The fourth-order valence-corrected chi connectivity index (χ4v) is 2.26. The highest BCUT2D eigenvalue weighted by Gasteiger charge is 2.30. The molecule has 0 radical (unpaired) electrons. The highest BCUT2D eigenvalue weighted by molar-refractivity contribution is 6.20. The molecule has 0 aromatic carbocycles. The van der Waals surface area contributed by atoms with Crippen LogP contribution in [0.15, 0.2) is 28.8 Å². The first-order valence-corrected chi connectivity index (χ1v) is 5.02. The molecule has 2 aliphatic rings. The Morgan fingerprint density at radius 3 is 2.86 bits per heavy atom. The van der Waals surface area contributed by atoms with Crippen molar-refractivity contribution in [3.63, 3.8) is 0 Å². The largest absolute Gasteiger partial charge is 0.290 e. The van der Waals surface area contributed by atoms with E-state index in [9.17, 15) is 4.79 Å². The Labute approximate surface area is 84.4 Å². The van der Waals surface area contributed by atoms with Crippen molar-refractivity contribution < 1.29 is 4.79 Å². The van der Waals surface area contributed by atoms with Crippen LogP contribution in [-0.4, -0.2) is 17.0 Å². The monoisotopic (exact) mass is 189 g/mol. The number of hydrogen-bond donors (Lipinski definition) is 0. The molecule has 0 bridgehead atoms. The molecule has 0 fully saturated rings. The van der Waals surface area contributed by atoms with E-state index in [1.54, 1.807) is 12.2 Å². The SMILES string of the molecule is CC1CC(C)(C)N=C2C=CC(=O)C=C21. The van der Waals surface area contributed by atoms with E-state index in [4.69, 9.17) is 0 Å². The highest BCUT2D eigenvalue weighted by Crippen LogP contribution is 2.33. The van der Waals surface area contributed by atoms with Crippen molar-refractivity contribution in [2.24, 2.45) is 10.9 Å². The molecule has 0 spiro atoms. The molecular weight excluding hydrogens is 174 g/mol. The minimum Gasteiger partial charge on any atom is -0.290 e. The van der Waals surface area contributed by atoms with Crippen LogP contribution in [0, 0.1) is 5.92 Å². The third-order valence-electron chi connectivity index (χ3n) is 2.76. The van der Waals surface area contributed by atoms with Crippen molar-refractivity contribution >= 4 is 11.5 Å². The third kappa shape index (κ3) is 1.57. The van der Waals surface area contributed by atoms with Crippen molar-refractivity contribution in [1.29, 1.82) is 0 Å². The van der Waals surface area contributed by atoms with Crippen LogP contribution in [-0.2, 0) is 4.79 Å². The van der Waals surface area contributed by atoms with Crippen LogP contribution in [0.4, 0.5) is 0 Å². The molecule has 2 rings (SSSR count). The molecule has 0 saturated heterocycles. The van der Waals surface area contributed by atoms with E-state index in [0.29, 0.717) is 5.92 Å². The van der Waals surface area contributed by atoms with Gasteiger partial charge in [-0.3, -0.25) is 9.79 Å². The molecular formula is C12H15NO. The van der Waals surface area contributed by atoms with Crippen LogP contribution in [0.25, 0.3) is 0 Å². The second-order valence-corrected chi connectivity index (χ2v) is 4.75. The van der Waals surface area contributed by atoms with E-state index in [-0.39, 0.29) is 11.3 Å². The van der Waals surface area contributed by atoms with Gasteiger partial charge in [0.1, 0.15) is 0 Å². The predicted molar refractivity (Wildman–Crippen MR) is 57.5 cm³/mol. The lowest BCUT2D eigenvalue weighted by Crippen LogP contribution is -2.31. The predicted octanol–water partition coefficient (Wildman–Crippen LogP) is 2.31. The topological polar surface area (TPSA) is 29.4 Å². The first-order chi connectivity index (χ1) is 6.48. The fraction of sp³-hybridized carbons (Fsp3) is 0.500. The van der Waals surface area contributed by atoms with E-state index in [0.717, 1.165) is 17.7 Å². The Bertz CT molecular complexity index is 372. The molecule has 0 aromatic heterocycles. The van der Waals surface area contributed by atoms with Crippen LogP contribution in [0.2, 0.25) is 0 Å². The normalized spacial score (nSPS) is 29.4. The van der Waals surface area contributed by atoms with Gasteiger partial charge in [0, 0.05) is 0 Å². The molecule has 2 heteroatoms. The number of nitrogens with zero attached hydrogens (tertiary/aromatic N) is 1.